The molecule has 3 N–H and O–H groups in total. The Labute approximate surface area is 189 Å². The van der Waals surface area contributed by atoms with Gasteiger partial charge in [-0.2, -0.15) is 0 Å². The van der Waals surface area contributed by atoms with Crippen molar-refractivity contribution in [2.75, 3.05) is 5.32 Å². The monoisotopic (exact) mass is 448 g/mol. The van der Waals surface area contributed by atoms with Crippen molar-refractivity contribution in [3.05, 3.63) is 16.0 Å². The van der Waals surface area contributed by atoms with Crippen molar-refractivity contribution >= 4 is 34.1 Å². The molecule has 3 atom stereocenters. The van der Waals surface area contributed by atoms with Crippen LogP contribution >= 0.6 is 11.3 Å². The first kappa shape index (κ1) is 23.8. The number of hydrogen-bond donors (Lipinski definition) is 3. The second kappa shape index (κ2) is 9.31. The van der Waals surface area contributed by atoms with Gasteiger partial charge in [-0.1, -0.05) is 33.6 Å². The summed E-state index contributed by atoms with van der Waals surface area (Å²) in [5, 5.41) is 16.1. The smallest absolute Gasteiger partial charge is 0.307 e. The third-order valence-electron chi connectivity index (χ3n) is 6.79. The SMILES string of the molecule is CC(C)NC(=O)c1c(NC(=O)[C@H]2CCCC[C@@H]2C(=O)O)sc2c1CC[C@@H](C(C)(C)C)C2. The predicted octanol–water partition coefficient (Wildman–Crippen LogP) is 4.87. The van der Waals surface area contributed by atoms with E-state index >= 15 is 0 Å². The van der Waals surface area contributed by atoms with Gasteiger partial charge in [-0.15, -0.1) is 11.3 Å². The normalized spacial score (nSPS) is 23.9. The number of aliphatic carboxylic acids is 1. The van der Waals surface area contributed by atoms with Gasteiger partial charge in [0.2, 0.25) is 5.91 Å². The lowest BCUT2D eigenvalue weighted by Crippen LogP contribution is -2.36. The first-order valence-electron chi connectivity index (χ1n) is 11.5. The maximum absolute atomic E-state index is 13.1. The highest BCUT2D eigenvalue weighted by atomic mass is 32.1. The van der Waals surface area contributed by atoms with E-state index in [0.717, 1.165) is 37.7 Å². The Hall–Kier alpha value is -1.89. The number of thiophene rings is 1. The van der Waals surface area contributed by atoms with Crippen LogP contribution in [0.4, 0.5) is 5.00 Å². The number of carbonyl (C=O) groups is 3. The Morgan fingerprint density at radius 1 is 1.06 bits per heavy atom. The Bertz CT molecular complexity index is 852. The molecule has 0 aromatic carbocycles. The minimum absolute atomic E-state index is 0.00717. The Morgan fingerprint density at radius 3 is 2.29 bits per heavy atom. The van der Waals surface area contributed by atoms with Gasteiger partial charge in [0, 0.05) is 10.9 Å². The van der Waals surface area contributed by atoms with Crippen LogP contribution in [0.15, 0.2) is 0 Å². The van der Waals surface area contributed by atoms with Crippen LogP contribution in [0.5, 0.6) is 0 Å². The Morgan fingerprint density at radius 2 is 1.71 bits per heavy atom. The molecule has 1 aromatic heterocycles. The van der Waals surface area contributed by atoms with Gasteiger partial charge in [-0.05, 0) is 62.8 Å². The van der Waals surface area contributed by atoms with E-state index in [9.17, 15) is 19.5 Å². The zero-order valence-electron chi connectivity index (χ0n) is 19.3. The summed E-state index contributed by atoms with van der Waals surface area (Å²) in [6, 6.07) is -0.00717. The lowest BCUT2D eigenvalue weighted by atomic mass is 9.72. The topological polar surface area (TPSA) is 95.5 Å². The molecule has 1 heterocycles. The van der Waals surface area contributed by atoms with Gasteiger partial charge in [-0.3, -0.25) is 14.4 Å². The molecule has 1 fully saturated rings. The molecule has 2 amide bonds. The molecule has 7 heteroatoms. The number of hydrogen-bond acceptors (Lipinski definition) is 4. The van der Waals surface area contributed by atoms with E-state index in [4.69, 9.17) is 0 Å². The van der Waals surface area contributed by atoms with Crippen molar-refractivity contribution in [1.82, 2.24) is 5.32 Å². The highest BCUT2D eigenvalue weighted by Crippen LogP contribution is 2.44. The van der Waals surface area contributed by atoms with E-state index in [-0.39, 0.29) is 23.3 Å². The van der Waals surface area contributed by atoms with Gasteiger partial charge >= 0.3 is 5.97 Å². The quantitative estimate of drug-likeness (QED) is 0.599. The first-order chi connectivity index (χ1) is 14.5. The van der Waals surface area contributed by atoms with Crippen molar-refractivity contribution in [2.24, 2.45) is 23.2 Å². The highest BCUT2D eigenvalue weighted by Gasteiger charge is 2.38. The van der Waals surface area contributed by atoms with Gasteiger partial charge in [0.1, 0.15) is 5.00 Å². The molecule has 6 nitrogen and oxygen atoms in total. The zero-order valence-corrected chi connectivity index (χ0v) is 20.2. The minimum atomic E-state index is -0.906. The molecule has 0 spiro atoms. The highest BCUT2D eigenvalue weighted by molar-refractivity contribution is 7.17. The summed E-state index contributed by atoms with van der Waals surface area (Å²) >= 11 is 1.50. The second-order valence-corrected chi connectivity index (χ2v) is 11.6. The third kappa shape index (κ3) is 5.30. The van der Waals surface area contributed by atoms with Gasteiger partial charge < -0.3 is 15.7 Å². The van der Waals surface area contributed by atoms with Crippen LogP contribution < -0.4 is 10.6 Å². The molecule has 0 radical (unpaired) electrons. The van der Waals surface area contributed by atoms with E-state index in [0.29, 0.717) is 29.3 Å². The number of amides is 2. The number of anilines is 1. The average molecular weight is 449 g/mol. The maximum Gasteiger partial charge on any atom is 0.307 e. The van der Waals surface area contributed by atoms with E-state index in [2.05, 4.69) is 31.4 Å². The summed E-state index contributed by atoms with van der Waals surface area (Å²) in [7, 11) is 0. The minimum Gasteiger partial charge on any atom is -0.481 e. The number of fused-ring (bicyclic) bond motifs is 1. The van der Waals surface area contributed by atoms with Gasteiger partial charge in [0.25, 0.3) is 5.91 Å². The van der Waals surface area contributed by atoms with E-state index in [1.165, 1.54) is 16.2 Å². The van der Waals surface area contributed by atoms with E-state index in [1.54, 1.807) is 0 Å². The summed E-state index contributed by atoms with van der Waals surface area (Å²) in [4.78, 5) is 39.0. The predicted molar refractivity (Wildman–Crippen MR) is 124 cm³/mol. The lowest BCUT2D eigenvalue weighted by molar-refractivity contribution is -0.147. The molecule has 0 bridgehead atoms. The van der Waals surface area contributed by atoms with Crippen molar-refractivity contribution in [2.45, 2.75) is 85.6 Å². The lowest BCUT2D eigenvalue weighted by Gasteiger charge is -2.33. The largest absolute Gasteiger partial charge is 0.481 e. The Balaban J connectivity index is 1.91. The number of carbonyl (C=O) groups excluding carboxylic acids is 2. The second-order valence-electron chi connectivity index (χ2n) is 10.5. The van der Waals surface area contributed by atoms with Crippen LogP contribution in [0.2, 0.25) is 0 Å². The summed E-state index contributed by atoms with van der Waals surface area (Å²) < 4.78 is 0. The standard InChI is InChI=1S/C24H36N2O4S/c1-13(2)25-21(28)19-17-11-10-14(24(3,4)5)12-18(17)31-22(19)26-20(27)15-8-6-7-9-16(15)23(29)30/h13-16H,6-12H2,1-5H3,(H,25,28)(H,26,27)(H,29,30)/t14-,15+,16+/m1/s1. The summed E-state index contributed by atoms with van der Waals surface area (Å²) in [6.45, 7) is 10.6. The van der Waals surface area contributed by atoms with Gasteiger partial charge in [-0.25, -0.2) is 0 Å². The number of nitrogens with one attached hydrogen (secondary N) is 2. The first-order valence-corrected chi connectivity index (χ1v) is 12.3. The van der Waals surface area contributed by atoms with Gasteiger partial charge in [0.15, 0.2) is 0 Å². The number of rotatable bonds is 5. The maximum atomic E-state index is 13.1. The van der Waals surface area contributed by atoms with Crippen LogP contribution in [-0.2, 0) is 22.4 Å². The van der Waals surface area contributed by atoms with Crippen LogP contribution in [0.1, 0.15) is 87.5 Å². The molecule has 2 aliphatic rings. The van der Waals surface area contributed by atoms with Crippen molar-refractivity contribution < 1.29 is 19.5 Å². The molecule has 3 rings (SSSR count). The fourth-order valence-electron chi connectivity index (χ4n) is 4.93. The van der Waals surface area contributed by atoms with Crippen LogP contribution in [0, 0.1) is 23.2 Å². The fourth-order valence-corrected chi connectivity index (χ4v) is 6.26. The molecule has 0 unspecified atom stereocenters. The molecule has 1 aromatic rings. The van der Waals surface area contributed by atoms with Crippen LogP contribution in [0.25, 0.3) is 0 Å². The molecular weight excluding hydrogens is 412 g/mol. The summed E-state index contributed by atoms with van der Waals surface area (Å²) in [5.74, 6) is -2.00. The average Bonchev–Trinajstić information content (AvgIpc) is 3.03. The molecule has 0 saturated heterocycles. The fraction of sp³-hybridized carbons (Fsp3) is 0.708. The van der Waals surface area contributed by atoms with Crippen molar-refractivity contribution in [3.8, 4) is 0 Å². The van der Waals surface area contributed by atoms with Crippen LogP contribution in [-0.4, -0.2) is 28.9 Å². The van der Waals surface area contributed by atoms with E-state index in [1.807, 2.05) is 13.8 Å². The summed E-state index contributed by atoms with van der Waals surface area (Å²) in [6.07, 6.45) is 5.55. The number of carboxylic acids is 1. The number of carboxylic acid groups (broad SMARTS) is 1. The molecular formula is C24H36N2O4S. The molecule has 2 aliphatic carbocycles. The summed E-state index contributed by atoms with van der Waals surface area (Å²) in [5.41, 5.74) is 1.82. The van der Waals surface area contributed by atoms with E-state index < -0.39 is 17.8 Å². The molecule has 0 aliphatic heterocycles. The molecule has 1 saturated carbocycles. The van der Waals surface area contributed by atoms with Crippen LogP contribution in [0.3, 0.4) is 0 Å². The Kier molecular flexibility index (Phi) is 7.14. The third-order valence-corrected chi connectivity index (χ3v) is 7.96. The van der Waals surface area contributed by atoms with Crippen molar-refractivity contribution in [3.63, 3.8) is 0 Å². The van der Waals surface area contributed by atoms with Gasteiger partial charge in [0.05, 0.1) is 17.4 Å². The zero-order chi connectivity index (χ0) is 22.9. The molecule has 31 heavy (non-hydrogen) atoms. The molecule has 172 valence electrons. The van der Waals surface area contributed by atoms with Crippen molar-refractivity contribution in [1.29, 1.82) is 0 Å².